The summed E-state index contributed by atoms with van der Waals surface area (Å²) in [6, 6.07) is 7.14. The minimum atomic E-state index is -0.155. The summed E-state index contributed by atoms with van der Waals surface area (Å²) in [6.45, 7) is 2.42. The highest BCUT2D eigenvalue weighted by atomic mass is 16.5. The van der Waals surface area contributed by atoms with Crippen LogP contribution < -0.4 is 15.4 Å². The molecule has 0 saturated heterocycles. The fourth-order valence-corrected chi connectivity index (χ4v) is 2.49. The van der Waals surface area contributed by atoms with Gasteiger partial charge >= 0.3 is 0 Å². The first-order valence-electron chi connectivity index (χ1n) is 7.49. The number of amides is 2. The molecular formula is C16H22N2O3. The molecule has 1 fully saturated rings. The molecule has 2 amide bonds. The Morgan fingerprint density at radius 2 is 2.05 bits per heavy atom. The molecule has 0 atom stereocenters. The third-order valence-electron chi connectivity index (χ3n) is 3.57. The van der Waals surface area contributed by atoms with Crippen LogP contribution in [-0.4, -0.2) is 25.0 Å². The summed E-state index contributed by atoms with van der Waals surface area (Å²) < 4.78 is 5.40. The highest BCUT2D eigenvalue weighted by Crippen LogP contribution is 2.26. The normalized spacial score (nSPS) is 14.7. The zero-order valence-electron chi connectivity index (χ0n) is 12.4. The van der Waals surface area contributed by atoms with E-state index in [2.05, 4.69) is 10.6 Å². The lowest BCUT2D eigenvalue weighted by Crippen LogP contribution is -2.28. The predicted molar refractivity (Wildman–Crippen MR) is 81.2 cm³/mol. The molecule has 0 aromatic heterocycles. The predicted octanol–water partition coefficient (Wildman–Crippen LogP) is 2.33. The zero-order valence-corrected chi connectivity index (χ0v) is 12.4. The van der Waals surface area contributed by atoms with Gasteiger partial charge in [-0.05, 0) is 31.9 Å². The third-order valence-corrected chi connectivity index (χ3v) is 3.57. The van der Waals surface area contributed by atoms with E-state index in [1.807, 2.05) is 13.0 Å². The highest BCUT2D eigenvalue weighted by molar-refractivity contribution is 5.92. The van der Waals surface area contributed by atoms with Gasteiger partial charge in [0.05, 0.1) is 0 Å². The molecule has 1 saturated carbocycles. The molecular weight excluding hydrogens is 268 g/mol. The number of ether oxygens (including phenoxy) is 1. The smallest absolute Gasteiger partial charge is 0.257 e. The molecule has 5 heteroatoms. The molecule has 0 aliphatic heterocycles. The van der Waals surface area contributed by atoms with Crippen molar-refractivity contribution in [2.75, 3.05) is 18.5 Å². The molecule has 2 rings (SSSR count). The quantitative estimate of drug-likeness (QED) is 0.845. The number of carbonyl (C=O) groups is 2. The first-order valence-corrected chi connectivity index (χ1v) is 7.49. The van der Waals surface area contributed by atoms with Crippen LogP contribution in [-0.2, 0) is 9.59 Å². The lowest BCUT2D eigenvalue weighted by atomic mass is 10.1. The summed E-state index contributed by atoms with van der Waals surface area (Å²) in [7, 11) is 0. The monoisotopic (exact) mass is 290 g/mol. The van der Waals surface area contributed by atoms with Crippen molar-refractivity contribution in [2.45, 2.75) is 32.6 Å². The van der Waals surface area contributed by atoms with Gasteiger partial charge in [-0.1, -0.05) is 18.9 Å². The van der Waals surface area contributed by atoms with Crippen LogP contribution in [0.4, 0.5) is 5.69 Å². The second kappa shape index (κ2) is 7.67. The number of rotatable bonds is 6. The van der Waals surface area contributed by atoms with Gasteiger partial charge in [0.1, 0.15) is 5.75 Å². The number of benzene rings is 1. The lowest BCUT2D eigenvalue weighted by molar-refractivity contribution is -0.123. The van der Waals surface area contributed by atoms with E-state index in [0.717, 1.165) is 25.7 Å². The van der Waals surface area contributed by atoms with Crippen LogP contribution in [0.5, 0.6) is 5.75 Å². The van der Waals surface area contributed by atoms with Gasteiger partial charge in [-0.25, -0.2) is 0 Å². The largest absolute Gasteiger partial charge is 0.484 e. The van der Waals surface area contributed by atoms with E-state index in [-0.39, 0.29) is 24.3 Å². The van der Waals surface area contributed by atoms with E-state index < -0.39 is 0 Å². The number of carbonyl (C=O) groups excluding carboxylic acids is 2. The van der Waals surface area contributed by atoms with Crippen LogP contribution in [0.25, 0.3) is 0 Å². The van der Waals surface area contributed by atoms with Gasteiger partial charge in [-0.15, -0.1) is 0 Å². The molecule has 2 N–H and O–H groups in total. The molecule has 1 aromatic rings. The van der Waals surface area contributed by atoms with Crippen LogP contribution in [0.15, 0.2) is 24.3 Å². The van der Waals surface area contributed by atoms with Crippen molar-refractivity contribution in [3.05, 3.63) is 24.3 Å². The van der Waals surface area contributed by atoms with E-state index >= 15 is 0 Å². The molecule has 1 aliphatic rings. The third kappa shape index (κ3) is 4.77. The van der Waals surface area contributed by atoms with Crippen LogP contribution >= 0.6 is 0 Å². The summed E-state index contributed by atoms with van der Waals surface area (Å²) >= 11 is 0. The summed E-state index contributed by atoms with van der Waals surface area (Å²) in [5, 5.41) is 5.58. The Hall–Kier alpha value is -2.04. The van der Waals surface area contributed by atoms with Crippen molar-refractivity contribution in [1.29, 1.82) is 0 Å². The van der Waals surface area contributed by atoms with Crippen molar-refractivity contribution in [2.24, 2.45) is 5.92 Å². The standard InChI is InChI=1S/C16H22N2O3/c1-2-17-15(19)11-21-14-9-5-8-13(10-14)18-16(20)12-6-3-4-7-12/h5,8-10,12H,2-4,6-7,11H2,1H3,(H,17,19)(H,18,20). The molecule has 1 aliphatic carbocycles. The first kappa shape index (κ1) is 15.4. The van der Waals surface area contributed by atoms with Crippen molar-refractivity contribution >= 4 is 17.5 Å². The topological polar surface area (TPSA) is 67.4 Å². The number of hydrogen-bond donors (Lipinski definition) is 2. The average molecular weight is 290 g/mol. The number of nitrogens with one attached hydrogen (secondary N) is 2. The maximum Gasteiger partial charge on any atom is 0.257 e. The van der Waals surface area contributed by atoms with Gasteiger partial charge in [0.25, 0.3) is 5.91 Å². The first-order chi connectivity index (χ1) is 10.2. The molecule has 5 nitrogen and oxygen atoms in total. The summed E-state index contributed by atoms with van der Waals surface area (Å²) in [5.41, 5.74) is 0.709. The molecule has 0 unspecified atom stereocenters. The number of hydrogen-bond acceptors (Lipinski definition) is 3. The summed E-state index contributed by atoms with van der Waals surface area (Å²) in [6.07, 6.45) is 4.21. The Balaban J connectivity index is 1.88. The minimum Gasteiger partial charge on any atom is -0.484 e. The van der Waals surface area contributed by atoms with Crippen molar-refractivity contribution in [3.63, 3.8) is 0 Å². The fraction of sp³-hybridized carbons (Fsp3) is 0.500. The maximum atomic E-state index is 12.1. The number of anilines is 1. The minimum absolute atomic E-state index is 0.0200. The van der Waals surface area contributed by atoms with Crippen LogP contribution in [0.1, 0.15) is 32.6 Å². The SMILES string of the molecule is CCNC(=O)COc1cccc(NC(=O)C2CCCC2)c1. The van der Waals surface area contributed by atoms with Gasteiger partial charge < -0.3 is 15.4 Å². The Morgan fingerprint density at radius 1 is 1.29 bits per heavy atom. The Kier molecular flexibility index (Phi) is 5.60. The number of likely N-dealkylation sites (N-methyl/N-ethyl adjacent to an activating group) is 1. The van der Waals surface area contributed by atoms with Gasteiger partial charge in [0.2, 0.25) is 5.91 Å². The Morgan fingerprint density at radius 3 is 2.76 bits per heavy atom. The van der Waals surface area contributed by atoms with Crippen molar-refractivity contribution < 1.29 is 14.3 Å². The van der Waals surface area contributed by atoms with Gasteiger partial charge in [0.15, 0.2) is 6.61 Å². The van der Waals surface area contributed by atoms with Crippen LogP contribution in [0.3, 0.4) is 0 Å². The van der Waals surface area contributed by atoms with E-state index in [9.17, 15) is 9.59 Å². The Bertz CT molecular complexity index is 496. The second-order valence-corrected chi connectivity index (χ2v) is 5.24. The molecule has 1 aromatic carbocycles. The molecule has 0 spiro atoms. The lowest BCUT2D eigenvalue weighted by Gasteiger charge is -2.12. The fourth-order valence-electron chi connectivity index (χ4n) is 2.49. The summed E-state index contributed by atoms with van der Waals surface area (Å²) in [5.74, 6) is 0.627. The molecule has 114 valence electrons. The molecule has 0 heterocycles. The highest BCUT2D eigenvalue weighted by Gasteiger charge is 2.22. The summed E-state index contributed by atoms with van der Waals surface area (Å²) in [4.78, 5) is 23.4. The van der Waals surface area contributed by atoms with Gasteiger partial charge in [-0.3, -0.25) is 9.59 Å². The molecule has 21 heavy (non-hydrogen) atoms. The molecule has 0 radical (unpaired) electrons. The zero-order chi connectivity index (χ0) is 15.1. The van der Waals surface area contributed by atoms with Gasteiger partial charge in [-0.2, -0.15) is 0 Å². The van der Waals surface area contributed by atoms with Gasteiger partial charge in [0, 0.05) is 24.2 Å². The van der Waals surface area contributed by atoms with E-state index in [4.69, 9.17) is 4.74 Å². The molecule has 0 bridgehead atoms. The average Bonchev–Trinajstić information content (AvgIpc) is 3.00. The van der Waals surface area contributed by atoms with Crippen LogP contribution in [0, 0.1) is 5.92 Å². The van der Waals surface area contributed by atoms with Crippen LogP contribution in [0.2, 0.25) is 0 Å². The second-order valence-electron chi connectivity index (χ2n) is 5.24. The Labute approximate surface area is 125 Å². The van der Waals surface area contributed by atoms with E-state index in [1.165, 1.54) is 0 Å². The van der Waals surface area contributed by atoms with E-state index in [0.29, 0.717) is 18.0 Å². The van der Waals surface area contributed by atoms with E-state index in [1.54, 1.807) is 18.2 Å². The maximum absolute atomic E-state index is 12.1. The van der Waals surface area contributed by atoms with Crippen molar-refractivity contribution in [3.8, 4) is 5.75 Å². The van der Waals surface area contributed by atoms with Crippen molar-refractivity contribution in [1.82, 2.24) is 5.32 Å².